The first kappa shape index (κ1) is 23.7. The maximum Gasteiger partial charge on any atom is 0.300 e. The summed E-state index contributed by atoms with van der Waals surface area (Å²) in [6.45, 7) is 0. The first-order chi connectivity index (χ1) is 16.5. The number of primary sulfonamides is 1. The molecule has 1 heterocycles. The van der Waals surface area contributed by atoms with Crippen LogP contribution < -0.4 is 10.0 Å². The van der Waals surface area contributed by atoms with E-state index in [1.807, 2.05) is 0 Å². The molecule has 4 rings (SSSR count). The Morgan fingerprint density at radius 3 is 2.14 bits per heavy atom. The Balaban J connectivity index is 1.92. The van der Waals surface area contributed by atoms with Crippen LogP contribution >= 0.6 is 0 Å². The lowest BCUT2D eigenvalue weighted by atomic mass is 9.94. The Morgan fingerprint density at radius 2 is 1.60 bits per heavy atom. The van der Waals surface area contributed by atoms with E-state index in [1.165, 1.54) is 42.5 Å². The topological polar surface area (TPSA) is 161 Å². The molecule has 0 bridgehead atoms. The number of nitro groups is 1. The van der Waals surface area contributed by atoms with E-state index in [0.717, 1.165) is 35.2 Å². The van der Waals surface area contributed by atoms with Crippen LogP contribution in [0, 0.1) is 15.9 Å². The Hall–Kier alpha value is -4.42. The smallest absolute Gasteiger partial charge is 0.300 e. The fourth-order valence-electron chi connectivity index (χ4n) is 3.78. The first-order valence-corrected chi connectivity index (χ1v) is 11.5. The van der Waals surface area contributed by atoms with Gasteiger partial charge < -0.3 is 5.11 Å². The number of amides is 1. The van der Waals surface area contributed by atoms with Gasteiger partial charge in [-0.25, -0.2) is 17.9 Å². The Kier molecular flexibility index (Phi) is 5.92. The van der Waals surface area contributed by atoms with E-state index in [9.17, 15) is 37.6 Å². The maximum atomic E-state index is 14.9. The molecule has 3 aromatic carbocycles. The highest BCUT2D eigenvalue weighted by Crippen LogP contribution is 2.43. The monoisotopic (exact) mass is 497 g/mol. The minimum absolute atomic E-state index is 0.000452. The van der Waals surface area contributed by atoms with E-state index in [-0.39, 0.29) is 27.4 Å². The summed E-state index contributed by atoms with van der Waals surface area (Å²) in [6, 6.07) is 13.2. The average molecular weight is 497 g/mol. The molecule has 178 valence electrons. The molecule has 0 spiro atoms. The lowest BCUT2D eigenvalue weighted by molar-refractivity contribution is -0.384. The molecule has 1 atom stereocenters. The van der Waals surface area contributed by atoms with Crippen molar-refractivity contribution in [2.45, 2.75) is 10.9 Å². The number of benzene rings is 3. The average Bonchev–Trinajstić information content (AvgIpc) is 3.08. The van der Waals surface area contributed by atoms with Gasteiger partial charge in [0.1, 0.15) is 11.6 Å². The van der Waals surface area contributed by atoms with Gasteiger partial charge in [0.15, 0.2) is 0 Å². The number of halogens is 1. The predicted octanol–water partition coefficient (Wildman–Crippen LogP) is 3.01. The number of ketones is 1. The Bertz CT molecular complexity index is 1500. The standard InChI is InChI=1S/C23H16FN3O7S/c24-18-4-2-1-3-17(18)20-19(21(28)13-5-7-15(8-6-13)27(31)32)22(29)23(30)26(20)14-9-11-16(12-10-14)35(25,33)34/h1-12,20,28H,(H2,25,33,34)/b21-19+/t20-/m1/s1. The predicted molar refractivity (Wildman–Crippen MR) is 122 cm³/mol. The molecular formula is C23H16FN3O7S. The van der Waals surface area contributed by atoms with Crippen LogP contribution in [0.15, 0.2) is 83.3 Å². The minimum Gasteiger partial charge on any atom is -0.507 e. The van der Waals surface area contributed by atoms with Crippen LogP contribution in [-0.2, 0) is 19.6 Å². The number of hydrogen-bond donors (Lipinski definition) is 2. The van der Waals surface area contributed by atoms with Gasteiger partial charge >= 0.3 is 0 Å². The normalized spacial score (nSPS) is 17.5. The van der Waals surface area contributed by atoms with Crippen LogP contribution in [-0.4, -0.2) is 30.1 Å². The SMILES string of the molecule is NS(=O)(=O)c1ccc(N2C(=O)C(=O)/C(=C(/O)c3ccc([N+](=O)[O-])cc3)[C@H]2c2ccccc2F)cc1. The van der Waals surface area contributed by atoms with Crippen LogP contribution in [0.25, 0.3) is 5.76 Å². The molecule has 0 aliphatic carbocycles. The number of non-ortho nitro benzene ring substituents is 1. The number of nitro benzene ring substituents is 1. The maximum absolute atomic E-state index is 14.9. The van der Waals surface area contributed by atoms with E-state index in [4.69, 9.17) is 5.14 Å². The highest BCUT2D eigenvalue weighted by atomic mass is 32.2. The van der Waals surface area contributed by atoms with Crippen LogP contribution in [0.3, 0.4) is 0 Å². The highest BCUT2D eigenvalue weighted by Gasteiger charge is 2.47. The van der Waals surface area contributed by atoms with Crippen molar-refractivity contribution < 1.29 is 32.4 Å². The lowest BCUT2D eigenvalue weighted by Gasteiger charge is -2.25. The van der Waals surface area contributed by atoms with Crippen molar-refractivity contribution in [3.8, 4) is 0 Å². The molecule has 10 nitrogen and oxygen atoms in total. The first-order valence-electron chi connectivity index (χ1n) is 9.94. The van der Waals surface area contributed by atoms with E-state index in [2.05, 4.69) is 0 Å². The van der Waals surface area contributed by atoms with Gasteiger partial charge in [0.25, 0.3) is 17.4 Å². The fraction of sp³-hybridized carbons (Fsp3) is 0.0435. The number of nitrogens with two attached hydrogens (primary N) is 1. The summed E-state index contributed by atoms with van der Waals surface area (Å²) < 4.78 is 38.0. The summed E-state index contributed by atoms with van der Waals surface area (Å²) in [5, 5.41) is 27.0. The molecule has 1 aliphatic rings. The number of aliphatic hydroxyl groups is 1. The Morgan fingerprint density at radius 1 is 1.00 bits per heavy atom. The van der Waals surface area contributed by atoms with Crippen LogP contribution in [0.2, 0.25) is 0 Å². The van der Waals surface area contributed by atoms with Gasteiger partial charge in [-0.3, -0.25) is 24.6 Å². The molecule has 35 heavy (non-hydrogen) atoms. The summed E-state index contributed by atoms with van der Waals surface area (Å²) in [6.07, 6.45) is 0. The van der Waals surface area contributed by atoms with Gasteiger partial charge in [0.2, 0.25) is 10.0 Å². The van der Waals surface area contributed by atoms with Crippen LogP contribution in [0.5, 0.6) is 0 Å². The van der Waals surface area contributed by atoms with Gasteiger partial charge in [-0.2, -0.15) is 0 Å². The van der Waals surface area contributed by atoms with Crippen LogP contribution in [0.4, 0.5) is 15.8 Å². The number of nitrogens with zero attached hydrogens (tertiary/aromatic N) is 2. The summed E-state index contributed by atoms with van der Waals surface area (Å²) in [5.74, 6) is -3.63. The second-order valence-corrected chi connectivity index (χ2v) is 9.09. The molecule has 0 radical (unpaired) electrons. The molecule has 0 unspecified atom stereocenters. The van der Waals surface area contributed by atoms with Gasteiger partial charge in [0, 0.05) is 28.9 Å². The second-order valence-electron chi connectivity index (χ2n) is 7.53. The number of sulfonamides is 1. The molecule has 1 fully saturated rings. The van der Waals surface area contributed by atoms with Crippen molar-refractivity contribution >= 4 is 38.8 Å². The minimum atomic E-state index is -4.04. The van der Waals surface area contributed by atoms with E-state index >= 15 is 0 Å². The summed E-state index contributed by atoms with van der Waals surface area (Å²) in [7, 11) is -4.04. The number of carbonyl (C=O) groups excluding carboxylic acids is 2. The number of hydrogen-bond acceptors (Lipinski definition) is 7. The molecule has 3 aromatic rings. The molecular weight excluding hydrogens is 481 g/mol. The molecule has 0 aromatic heterocycles. The largest absolute Gasteiger partial charge is 0.507 e. The number of rotatable bonds is 5. The van der Waals surface area contributed by atoms with Crippen molar-refractivity contribution in [3.05, 3.63) is 105 Å². The molecule has 3 N–H and O–H groups in total. The third-order valence-corrected chi connectivity index (χ3v) is 6.37. The fourth-order valence-corrected chi connectivity index (χ4v) is 4.30. The zero-order valence-electron chi connectivity index (χ0n) is 17.7. The zero-order valence-corrected chi connectivity index (χ0v) is 18.5. The number of carbonyl (C=O) groups is 2. The summed E-state index contributed by atoms with van der Waals surface area (Å²) in [4.78, 5) is 37.1. The van der Waals surface area contributed by atoms with Crippen molar-refractivity contribution in [3.63, 3.8) is 0 Å². The van der Waals surface area contributed by atoms with Gasteiger partial charge in [-0.1, -0.05) is 18.2 Å². The van der Waals surface area contributed by atoms with E-state index < -0.39 is 49.8 Å². The molecule has 0 saturated carbocycles. The quantitative estimate of drug-likeness (QED) is 0.180. The van der Waals surface area contributed by atoms with Gasteiger partial charge in [-0.05, 0) is 42.5 Å². The number of aliphatic hydroxyl groups excluding tert-OH is 1. The highest BCUT2D eigenvalue weighted by molar-refractivity contribution is 7.89. The molecule has 1 saturated heterocycles. The molecule has 1 amide bonds. The van der Waals surface area contributed by atoms with Gasteiger partial charge in [0.05, 0.1) is 21.4 Å². The number of anilines is 1. The zero-order chi connectivity index (χ0) is 25.5. The van der Waals surface area contributed by atoms with Crippen molar-refractivity contribution in [2.24, 2.45) is 5.14 Å². The van der Waals surface area contributed by atoms with Gasteiger partial charge in [-0.15, -0.1) is 0 Å². The van der Waals surface area contributed by atoms with Crippen LogP contribution in [0.1, 0.15) is 17.2 Å². The molecule has 12 heteroatoms. The lowest BCUT2D eigenvalue weighted by Crippen LogP contribution is -2.30. The summed E-state index contributed by atoms with van der Waals surface area (Å²) >= 11 is 0. The Labute approximate surface area is 197 Å². The third kappa shape index (κ3) is 4.27. The number of Topliss-reactive ketones (excluding diaryl/α,β-unsaturated/α-hetero) is 1. The third-order valence-electron chi connectivity index (χ3n) is 5.44. The van der Waals surface area contributed by atoms with Crippen molar-refractivity contribution in [1.82, 2.24) is 0 Å². The van der Waals surface area contributed by atoms with Crippen molar-refractivity contribution in [1.29, 1.82) is 0 Å². The second kappa shape index (κ2) is 8.74. The van der Waals surface area contributed by atoms with E-state index in [0.29, 0.717) is 0 Å². The summed E-state index contributed by atoms with van der Waals surface area (Å²) in [5.41, 5.74) is -0.757. The van der Waals surface area contributed by atoms with E-state index in [1.54, 1.807) is 0 Å². The van der Waals surface area contributed by atoms with Crippen molar-refractivity contribution in [2.75, 3.05) is 4.90 Å². The molecule has 1 aliphatic heterocycles.